The summed E-state index contributed by atoms with van der Waals surface area (Å²) in [6, 6.07) is 10.3. The van der Waals surface area contributed by atoms with Gasteiger partial charge >= 0.3 is 6.61 Å². The second-order valence-corrected chi connectivity index (χ2v) is 5.60. The Labute approximate surface area is 147 Å². The summed E-state index contributed by atoms with van der Waals surface area (Å²) in [7, 11) is 1.37. The molecule has 0 atom stereocenters. The molecule has 2 aromatic carbocycles. The van der Waals surface area contributed by atoms with Gasteiger partial charge in [-0.25, -0.2) is 0 Å². The third kappa shape index (κ3) is 3.26. The molecule has 0 saturated carbocycles. The third-order valence-corrected chi connectivity index (χ3v) is 3.98. The van der Waals surface area contributed by atoms with Crippen LogP contribution in [0.2, 0.25) is 0 Å². The molecule has 0 aliphatic carbocycles. The van der Waals surface area contributed by atoms with Gasteiger partial charge in [0.1, 0.15) is 5.75 Å². The predicted octanol–water partition coefficient (Wildman–Crippen LogP) is 2.44. The summed E-state index contributed by atoms with van der Waals surface area (Å²) in [5.41, 5.74) is 0.970. The number of carbonyl (C=O) groups excluding carboxylic acids is 3. The van der Waals surface area contributed by atoms with Crippen LogP contribution < -0.4 is 10.1 Å². The summed E-state index contributed by atoms with van der Waals surface area (Å²) in [6.07, 6.45) is 0. The summed E-state index contributed by atoms with van der Waals surface area (Å²) in [6.45, 7) is -3.00. The fourth-order valence-electron chi connectivity index (χ4n) is 2.64. The standard InChI is InChI=1S/C18H14F2N2O4/c1-22-16(24)12-7-6-10(8-13(12)17(22)25)15(23)21-9-11-4-2-3-5-14(11)26-18(19)20/h2-8,18H,9H2,1H3,(H,21,23). The minimum atomic E-state index is -2.97. The number of nitrogens with one attached hydrogen (secondary N) is 1. The smallest absolute Gasteiger partial charge is 0.387 e. The van der Waals surface area contributed by atoms with Crippen LogP contribution in [0.1, 0.15) is 36.6 Å². The maximum absolute atomic E-state index is 12.4. The second kappa shape index (κ2) is 6.91. The van der Waals surface area contributed by atoms with Gasteiger partial charge in [-0.05, 0) is 24.3 Å². The molecule has 0 radical (unpaired) electrons. The highest BCUT2D eigenvalue weighted by Crippen LogP contribution is 2.23. The molecule has 8 heteroatoms. The first-order chi connectivity index (χ1) is 12.4. The maximum Gasteiger partial charge on any atom is 0.387 e. The predicted molar refractivity (Wildman–Crippen MR) is 87.1 cm³/mol. The quantitative estimate of drug-likeness (QED) is 0.831. The average Bonchev–Trinajstić information content (AvgIpc) is 2.84. The lowest BCUT2D eigenvalue weighted by Gasteiger charge is -2.11. The molecular formula is C18H14F2N2O4. The van der Waals surface area contributed by atoms with Crippen LogP contribution in [0.25, 0.3) is 0 Å². The number of amides is 3. The molecule has 26 heavy (non-hydrogen) atoms. The van der Waals surface area contributed by atoms with E-state index in [9.17, 15) is 23.2 Å². The van der Waals surface area contributed by atoms with Gasteiger partial charge in [-0.2, -0.15) is 8.78 Å². The summed E-state index contributed by atoms with van der Waals surface area (Å²) in [4.78, 5) is 37.1. The van der Waals surface area contributed by atoms with Gasteiger partial charge in [-0.15, -0.1) is 0 Å². The highest BCUT2D eigenvalue weighted by atomic mass is 19.3. The summed E-state index contributed by atoms with van der Waals surface area (Å²) < 4.78 is 29.2. The van der Waals surface area contributed by atoms with Crippen molar-refractivity contribution in [2.45, 2.75) is 13.2 Å². The van der Waals surface area contributed by atoms with Crippen LogP contribution >= 0.6 is 0 Å². The molecule has 0 saturated heterocycles. The van der Waals surface area contributed by atoms with Crippen LogP contribution in [-0.2, 0) is 6.54 Å². The zero-order valence-electron chi connectivity index (χ0n) is 13.7. The maximum atomic E-state index is 12.4. The van der Waals surface area contributed by atoms with Crippen molar-refractivity contribution in [3.63, 3.8) is 0 Å². The molecule has 3 rings (SSSR count). The first kappa shape index (κ1) is 17.5. The molecule has 0 bridgehead atoms. The number of rotatable bonds is 5. The summed E-state index contributed by atoms with van der Waals surface area (Å²) in [5, 5.41) is 2.58. The van der Waals surface area contributed by atoms with Crippen LogP contribution in [0.3, 0.4) is 0 Å². The van der Waals surface area contributed by atoms with E-state index in [-0.39, 0.29) is 29.0 Å². The normalized spacial score (nSPS) is 13.2. The van der Waals surface area contributed by atoms with Crippen molar-refractivity contribution in [1.82, 2.24) is 10.2 Å². The van der Waals surface area contributed by atoms with Crippen molar-refractivity contribution in [1.29, 1.82) is 0 Å². The summed E-state index contributed by atoms with van der Waals surface area (Å²) >= 11 is 0. The van der Waals surface area contributed by atoms with Crippen LogP contribution in [0.5, 0.6) is 5.75 Å². The number of halogens is 2. The monoisotopic (exact) mass is 360 g/mol. The number of alkyl halides is 2. The first-order valence-electron chi connectivity index (χ1n) is 7.66. The Balaban J connectivity index is 1.75. The zero-order chi connectivity index (χ0) is 18.8. The number of benzene rings is 2. The number of nitrogens with zero attached hydrogens (tertiary/aromatic N) is 1. The van der Waals surface area contributed by atoms with E-state index in [1.165, 1.54) is 31.3 Å². The SMILES string of the molecule is CN1C(=O)c2ccc(C(=O)NCc3ccccc3OC(F)F)cc2C1=O. The highest BCUT2D eigenvalue weighted by Gasteiger charge is 2.33. The van der Waals surface area contributed by atoms with Gasteiger partial charge in [-0.3, -0.25) is 19.3 Å². The van der Waals surface area contributed by atoms with Crippen molar-refractivity contribution in [2.24, 2.45) is 0 Å². The van der Waals surface area contributed by atoms with E-state index in [1.54, 1.807) is 18.2 Å². The lowest BCUT2D eigenvalue weighted by Crippen LogP contribution is -2.24. The lowest BCUT2D eigenvalue weighted by atomic mass is 10.1. The zero-order valence-corrected chi connectivity index (χ0v) is 13.7. The van der Waals surface area contributed by atoms with E-state index in [0.717, 1.165) is 4.90 Å². The van der Waals surface area contributed by atoms with Crippen molar-refractivity contribution >= 4 is 17.7 Å². The second-order valence-electron chi connectivity index (χ2n) is 5.60. The molecule has 1 aliphatic heterocycles. The van der Waals surface area contributed by atoms with Gasteiger partial charge < -0.3 is 10.1 Å². The number of fused-ring (bicyclic) bond motifs is 1. The number of hydrogen-bond acceptors (Lipinski definition) is 4. The Morgan fingerprint density at radius 3 is 2.54 bits per heavy atom. The average molecular weight is 360 g/mol. The van der Waals surface area contributed by atoms with E-state index < -0.39 is 24.3 Å². The molecular weight excluding hydrogens is 346 g/mol. The molecule has 1 aliphatic rings. The number of para-hydroxylation sites is 1. The van der Waals surface area contributed by atoms with Gasteiger partial charge in [0.15, 0.2) is 0 Å². The number of hydrogen-bond donors (Lipinski definition) is 1. The van der Waals surface area contributed by atoms with E-state index in [4.69, 9.17) is 0 Å². The van der Waals surface area contributed by atoms with Crippen LogP contribution in [0.15, 0.2) is 42.5 Å². The Bertz CT molecular complexity index is 899. The number of ether oxygens (including phenoxy) is 1. The van der Waals surface area contributed by atoms with Gasteiger partial charge in [-0.1, -0.05) is 18.2 Å². The van der Waals surface area contributed by atoms with E-state index in [0.29, 0.717) is 5.56 Å². The van der Waals surface area contributed by atoms with E-state index >= 15 is 0 Å². The molecule has 3 amide bonds. The fraction of sp³-hybridized carbons (Fsp3) is 0.167. The van der Waals surface area contributed by atoms with E-state index in [2.05, 4.69) is 10.1 Å². The van der Waals surface area contributed by atoms with Crippen molar-refractivity contribution in [2.75, 3.05) is 7.05 Å². The van der Waals surface area contributed by atoms with Gasteiger partial charge in [0.25, 0.3) is 17.7 Å². The van der Waals surface area contributed by atoms with Gasteiger partial charge in [0.05, 0.1) is 11.1 Å². The van der Waals surface area contributed by atoms with Crippen molar-refractivity contribution in [3.8, 4) is 5.75 Å². The van der Waals surface area contributed by atoms with Crippen molar-refractivity contribution < 1.29 is 27.9 Å². The highest BCUT2D eigenvalue weighted by molar-refractivity contribution is 6.21. The van der Waals surface area contributed by atoms with Crippen LogP contribution in [0.4, 0.5) is 8.78 Å². The Hall–Kier alpha value is -3.29. The van der Waals surface area contributed by atoms with Crippen LogP contribution in [-0.4, -0.2) is 36.3 Å². The molecule has 6 nitrogen and oxygen atoms in total. The topological polar surface area (TPSA) is 75.7 Å². The third-order valence-electron chi connectivity index (χ3n) is 3.98. The molecule has 0 spiro atoms. The van der Waals surface area contributed by atoms with Crippen molar-refractivity contribution in [3.05, 3.63) is 64.7 Å². The minimum absolute atomic E-state index is 0.0286. The molecule has 0 unspecified atom stereocenters. The first-order valence-corrected chi connectivity index (χ1v) is 7.66. The van der Waals surface area contributed by atoms with Gasteiger partial charge in [0, 0.05) is 24.7 Å². The van der Waals surface area contributed by atoms with Gasteiger partial charge in [0.2, 0.25) is 0 Å². The Morgan fingerprint density at radius 2 is 1.81 bits per heavy atom. The fourth-order valence-corrected chi connectivity index (χ4v) is 2.64. The molecule has 1 heterocycles. The van der Waals surface area contributed by atoms with Crippen LogP contribution in [0, 0.1) is 0 Å². The molecule has 2 aromatic rings. The molecule has 0 aromatic heterocycles. The Morgan fingerprint density at radius 1 is 1.12 bits per heavy atom. The lowest BCUT2D eigenvalue weighted by molar-refractivity contribution is -0.0504. The summed E-state index contributed by atoms with van der Waals surface area (Å²) in [5.74, 6) is -1.43. The largest absolute Gasteiger partial charge is 0.434 e. The minimum Gasteiger partial charge on any atom is -0.434 e. The molecule has 0 fully saturated rings. The molecule has 134 valence electrons. The number of imide groups is 1. The Kier molecular flexibility index (Phi) is 4.66. The molecule has 1 N–H and O–H groups in total. The van der Waals surface area contributed by atoms with E-state index in [1.807, 2.05) is 0 Å². The number of carbonyl (C=O) groups is 3.